The van der Waals surface area contributed by atoms with Crippen LogP contribution in [0.5, 0.6) is 0 Å². The van der Waals surface area contributed by atoms with E-state index in [1.165, 1.54) is 16.8 Å². The summed E-state index contributed by atoms with van der Waals surface area (Å²) < 4.78 is 29.2. The molecule has 0 spiro atoms. The van der Waals surface area contributed by atoms with Crippen LogP contribution in [0.2, 0.25) is 0 Å². The molecule has 23 heavy (non-hydrogen) atoms. The highest BCUT2D eigenvalue weighted by molar-refractivity contribution is 7.89. The standard InChI is InChI=1S/C16H24N2O4S/c1-11-3-5-12(6-4-11)18(13-7-8-13)23(21,22)14-9-15(16(19)20)17(2)10-14/h9-13H,3-8H2,1-2H3,(H,19,20). The average molecular weight is 340 g/mol. The number of aromatic nitrogens is 1. The molecule has 0 bridgehead atoms. The van der Waals surface area contributed by atoms with Gasteiger partial charge in [-0.05, 0) is 50.5 Å². The fourth-order valence-corrected chi connectivity index (χ4v) is 5.53. The Hall–Kier alpha value is -1.34. The van der Waals surface area contributed by atoms with Crippen molar-refractivity contribution in [1.82, 2.24) is 8.87 Å². The van der Waals surface area contributed by atoms with Crippen LogP contribution in [0, 0.1) is 5.92 Å². The first-order chi connectivity index (χ1) is 10.8. The van der Waals surface area contributed by atoms with Crippen LogP contribution >= 0.6 is 0 Å². The molecule has 0 aliphatic heterocycles. The van der Waals surface area contributed by atoms with Gasteiger partial charge in [-0.3, -0.25) is 0 Å². The number of hydrogen-bond acceptors (Lipinski definition) is 3. The van der Waals surface area contributed by atoms with Crippen molar-refractivity contribution in [3.63, 3.8) is 0 Å². The number of nitrogens with zero attached hydrogens (tertiary/aromatic N) is 2. The molecule has 128 valence electrons. The zero-order valence-electron chi connectivity index (χ0n) is 13.6. The van der Waals surface area contributed by atoms with Gasteiger partial charge < -0.3 is 9.67 Å². The van der Waals surface area contributed by atoms with E-state index in [0.717, 1.165) is 38.5 Å². The third kappa shape index (κ3) is 3.17. The summed E-state index contributed by atoms with van der Waals surface area (Å²) in [5.41, 5.74) is -0.00316. The normalized spacial score (nSPS) is 25.7. The summed E-state index contributed by atoms with van der Waals surface area (Å²) in [6, 6.07) is 1.42. The van der Waals surface area contributed by atoms with Crippen LogP contribution in [0.25, 0.3) is 0 Å². The van der Waals surface area contributed by atoms with Crippen molar-refractivity contribution in [3.05, 3.63) is 18.0 Å². The van der Waals surface area contributed by atoms with Gasteiger partial charge in [-0.2, -0.15) is 4.31 Å². The van der Waals surface area contributed by atoms with Gasteiger partial charge in [0.1, 0.15) is 10.6 Å². The van der Waals surface area contributed by atoms with Crippen LogP contribution in [0.15, 0.2) is 17.2 Å². The second-order valence-electron chi connectivity index (χ2n) is 6.96. The molecule has 1 N–H and O–H groups in total. The van der Waals surface area contributed by atoms with Gasteiger partial charge in [-0.1, -0.05) is 6.92 Å². The number of carbonyl (C=O) groups is 1. The molecule has 2 aliphatic rings. The average Bonchev–Trinajstić information content (AvgIpc) is 3.21. The van der Waals surface area contributed by atoms with Gasteiger partial charge in [0.15, 0.2) is 0 Å². The van der Waals surface area contributed by atoms with Gasteiger partial charge in [-0.25, -0.2) is 13.2 Å². The molecule has 2 saturated carbocycles. The summed E-state index contributed by atoms with van der Waals surface area (Å²) in [5.74, 6) is -0.455. The SMILES string of the molecule is CC1CCC(N(C2CC2)S(=O)(=O)c2cc(C(=O)O)n(C)c2)CC1. The van der Waals surface area contributed by atoms with Crippen molar-refractivity contribution in [1.29, 1.82) is 0 Å². The quantitative estimate of drug-likeness (QED) is 0.893. The molecule has 2 fully saturated rings. The van der Waals surface area contributed by atoms with Crippen LogP contribution in [-0.4, -0.2) is 40.4 Å². The molecule has 0 atom stereocenters. The highest BCUT2D eigenvalue weighted by Gasteiger charge is 2.43. The molecule has 0 radical (unpaired) electrons. The van der Waals surface area contributed by atoms with E-state index < -0.39 is 16.0 Å². The molecule has 2 aliphatic carbocycles. The lowest BCUT2D eigenvalue weighted by atomic mass is 9.87. The lowest BCUT2D eigenvalue weighted by Gasteiger charge is -2.35. The van der Waals surface area contributed by atoms with E-state index in [1.54, 1.807) is 11.4 Å². The zero-order chi connectivity index (χ0) is 16.8. The molecule has 7 heteroatoms. The molecule has 6 nitrogen and oxygen atoms in total. The third-order valence-corrected chi connectivity index (χ3v) is 7.00. The molecular weight excluding hydrogens is 316 g/mol. The van der Waals surface area contributed by atoms with Crippen LogP contribution in [0.3, 0.4) is 0 Å². The van der Waals surface area contributed by atoms with Crippen molar-refractivity contribution in [3.8, 4) is 0 Å². The topological polar surface area (TPSA) is 79.6 Å². The van der Waals surface area contributed by atoms with E-state index in [0.29, 0.717) is 5.92 Å². The summed E-state index contributed by atoms with van der Waals surface area (Å²) in [6.45, 7) is 2.21. The second-order valence-corrected chi connectivity index (χ2v) is 8.80. The minimum atomic E-state index is -3.64. The smallest absolute Gasteiger partial charge is 0.352 e. The Morgan fingerprint density at radius 2 is 1.70 bits per heavy atom. The van der Waals surface area contributed by atoms with Gasteiger partial charge in [0, 0.05) is 25.3 Å². The monoisotopic (exact) mass is 340 g/mol. The van der Waals surface area contributed by atoms with E-state index in [1.807, 2.05) is 0 Å². The minimum Gasteiger partial charge on any atom is -0.477 e. The predicted molar refractivity (Wildman–Crippen MR) is 85.8 cm³/mol. The molecule has 0 saturated heterocycles. The maximum absolute atomic E-state index is 13.1. The number of aryl methyl sites for hydroxylation is 1. The summed E-state index contributed by atoms with van der Waals surface area (Å²) in [5, 5.41) is 9.15. The maximum Gasteiger partial charge on any atom is 0.352 e. The highest BCUT2D eigenvalue weighted by atomic mass is 32.2. The number of rotatable bonds is 5. The maximum atomic E-state index is 13.1. The molecule has 1 aromatic rings. The second kappa shape index (κ2) is 5.94. The Morgan fingerprint density at radius 1 is 1.17 bits per heavy atom. The summed E-state index contributed by atoms with van der Waals surface area (Å²) >= 11 is 0. The van der Waals surface area contributed by atoms with Crippen molar-refractivity contribution in [2.45, 2.75) is 62.4 Å². The number of carboxylic acids is 1. The summed E-state index contributed by atoms with van der Waals surface area (Å²) in [6.07, 6.45) is 7.13. The molecule has 0 amide bonds. The van der Waals surface area contributed by atoms with Crippen molar-refractivity contribution < 1.29 is 18.3 Å². The first-order valence-electron chi connectivity index (χ1n) is 8.24. The fraction of sp³-hybridized carbons (Fsp3) is 0.688. The molecule has 0 aromatic carbocycles. The molecule has 1 aromatic heterocycles. The van der Waals surface area contributed by atoms with Crippen molar-refractivity contribution >= 4 is 16.0 Å². The van der Waals surface area contributed by atoms with Gasteiger partial charge in [-0.15, -0.1) is 0 Å². The van der Waals surface area contributed by atoms with E-state index >= 15 is 0 Å². The van der Waals surface area contributed by atoms with Crippen LogP contribution < -0.4 is 0 Å². The first kappa shape index (κ1) is 16.5. The Morgan fingerprint density at radius 3 is 2.13 bits per heavy atom. The van der Waals surface area contributed by atoms with E-state index in [9.17, 15) is 13.2 Å². The predicted octanol–water partition coefficient (Wildman–Crippen LogP) is 2.46. The summed E-state index contributed by atoms with van der Waals surface area (Å²) in [4.78, 5) is 11.3. The Bertz CT molecular complexity index is 698. The lowest BCUT2D eigenvalue weighted by molar-refractivity contribution is 0.0686. The van der Waals surface area contributed by atoms with E-state index in [4.69, 9.17) is 5.11 Å². The third-order valence-electron chi connectivity index (χ3n) is 5.03. The number of carboxylic acid groups (broad SMARTS) is 1. The Kier molecular flexibility index (Phi) is 4.27. The van der Waals surface area contributed by atoms with Crippen LogP contribution in [0.4, 0.5) is 0 Å². The zero-order valence-corrected chi connectivity index (χ0v) is 14.4. The van der Waals surface area contributed by atoms with E-state index in [2.05, 4.69) is 6.92 Å². The first-order valence-corrected chi connectivity index (χ1v) is 9.68. The van der Waals surface area contributed by atoms with Crippen LogP contribution in [0.1, 0.15) is 55.9 Å². The number of aromatic carboxylic acids is 1. The van der Waals surface area contributed by atoms with Crippen LogP contribution in [-0.2, 0) is 17.1 Å². The molecule has 0 unspecified atom stereocenters. The minimum absolute atomic E-state index is 0.00316. The molecule has 3 rings (SSSR count). The Labute approximate surface area is 137 Å². The highest BCUT2D eigenvalue weighted by Crippen LogP contribution is 2.39. The molecular formula is C16H24N2O4S. The largest absolute Gasteiger partial charge is 0.477 e. The Balaban J connectivity index is 1.92. The van der Waals surface area contributed by atoms with Gasteiger partial charge in [0.25, 0.3) is 0 Å². The van der Waals surface area contributed by atoms with E-state index in [-0.39, 0.29) is 22.7 Å². The number of sulfonamides is 1. The lowest BCUT2D eigenvalue weighted by Crippen LogP contribution is -2.43. The van der Waals surface area contributed by atoms with Gasteiger partial charge in [0.2, 0.25) is 10.0 Å². The van der Waals surface area contributed by atoms with Gasteiger partial charge >= 0.3 is 5.97 Å². The molecule has 1 heterocycles. The summed E-state index contributed by atoms with van der Waals surface area (Å²) in [7, 11) is -2.08. The number of hydrogen-bond donors (Lipinski definition) is 1. The van der Waals surface area contributed by atoms with Crippen molar-refractivity contribution in [2.75, 3.05) is 0 Å². The fourth-order valence-electron chi connectivity index (χ4n) is 3.53. The van der Waals surface area contributed by atoms with Gasteiger partial charge in [0.05, 0.1) is 0 Å². The van der Waals surface area contributed by atoms with Crippen molar-refractivity contribution in [2.24, 2.45) is 13.0 Å².